The number of hydrogen-bond donors (Lipinski definition) is 0. The molecule has 5 unspecified atom stereocenters. The predicted octanol–water partition coefficient (Wildman–Crippen LogP) is 7.94. The van der Waals surface area contributed by atoms with Crippen molar-refractivity contribution in [2.75, 3.05) is 0 Å². The van der Waals surface area contributed by atoms with Gasteiger partial charge in [0.25, 0.3) is 0 Å². The van der Waals surface area contributed by atoms with Gasteiger partial charge in [0, 0.05) is 5.92 Å². The number of ether oxygens (including phenoxy) is 1. The van der Waals surface area contributed by atoms with Crippen LogP contribution in [0.2, 0.25) is 0 Å². The highest BCUT2D eigenvalue weighted by atomic mass is 16.5. The van der Waals surface area contributed by atoms with E-state index in [-0.39, 0.29) is 5.60 Å². The Morgan fingerprint density at radius 2 is 1.34 bits per heavy atom. The molecule has 5 aliphatic rings. The summed E-state index contributed by atoms with van der Waals surface area (Å²) in [6, 6.07) is 0. The second-order valence-electron chi connectivity index (χ2n) is 11.9. The molecule has 0 spiro atoms. The molecule has 29 heavy (non-hydrogen) atoms. The van der Waals surface area contributed by atoms with Crippen LogP contribution in [0.15, 0.2) is 12.2 Å². The average molecular weight is 399 g/mol. The highest BCUT2D eigenvalue weighted by Gasteiger charge is 2.54. The van der Waals surface area contributed by atoms with Gasteiger partial charge < -0.3 is 4.74 Å². The third-order valence-electron chi connectivity index (χ3n) is 10.1. The maximum absolute atomic E-state index is 7.62. The summed E-state index contributed by atoms with van der Waals surface area (Å²) in [5.74, 6) is 5.69. The third kappa shape index (κ3) is 3.77. The van der Waals surface area contributed by atoms with Crippen molar-refractivity contribution in [3.63, 3.8) is 0 Å². The average Bonchev–Trinajstić information content (AvgIpc) is 2.79. The van der Waals surface area contributed by atoms with Gasteiger partial charge in [0.05, 0.1) is 11.7 Å². The number of fused-ring (bicyclic) bond motifs is 3. The van der Waals surface area contributed by atoms with E-state index in [1.54, 1.807) is 0 Å². The van der Waals surface area contributed by atoms with Crippen molar-refractivity contribution in [2.45, 2.75) is 122 Å². The number of rotatable bonds is 3. The molecule has 0 radical (unpaired) electrons. The van der Waals surface area contributed by atoms with E-state index in [0.717, 1.165) is 35.5 Å². The smallest absolute Gasteiger partial charge is 0.0922 e. The van der Waals surface area contributed by atoms with Crippen molar-refractivity contribution in [1.29, 1.82) is 0 Å². The molecule has 1 nitrogen and oxygen atoms in total. The largest absolute Gasteiger partial charge is 0.366 e. The van der Waals surface area contributed by atoms with Crippen LogP contribution in [0.1, 0.15) is 110 Å². The summed E-state index contributed by atoms with van der Waals surface area (Å²) in [5, 5.41) is 0. The van der Waals surface area contributed by atoms with Gasteiger partial charge in [-0.3, -0.25) is 0 Å². The van der Waals surface area contributed by atoms with E-state index >= 15 is 0 Å². The van der Waals surface area contributed by atoms with E-state index < -0.39 is 0 Å². The van der Waals surface area contributed by atoms with E-state index in [2.05, 4.69) is 26.0 Å². The minimum Gasteiger partial charge on any atom is -0.366 e. The van der Waals surface area contributed by atoms with Crippen LogP contribution in [0.25, 0.3) is 0 Å². The van der Waals surface area contributed by atoms with Gasteiger partial charge in [-0.1, -0.05) is 83.8 Å². The molecule has 0 aromatic carbocycles. The molecule has 5 rings (SSSR count). The topological polar surface area (TPSA) is 9.23 Å². The molecule has 5 atom stereocenters. The summed E-state index contributed by atoms with van der Waals surface area (Å²) in [6.07, 6.45) is 27.6. The molecule has 0 aromatic rings. The molecule has 0 amide bonds. The molecule has 4 saturated carbocycles. The van der Waals surface area contributed by atoms with Crippen molar-refractivity contribution >= 4 is 0 Å². The zero-order chi connectivity index (χ0) is 19.8. The van der Waals surface area contributed by atoms with Crippen molar-refractivity contribution in [1.82, 2.24) is 0 Å². The monoisotopic (exact) mass is 398 g/mol. The van der Waals surface area contributed by atoms with Crippen molar-refractivity contribution in [2.24, 2.45) is 41.4 Å². The molecule has 1 heteroatoms. The molecule has 0 saturated heterocycles. The van der Waals surface area contributed by atoms with Gasteiger partial charge in [0.1, 0.15) is 0 Å². The molecule has 1 heterocycles. The first-order valence-electron chi connectivity index (χ1n) is 13.6. The normalized spacial score (nSPS) is 41.1. The molecule has 4 fully saturated rings. The Kier molecular flexibility index (Phi) is 6.16. The van der Waals surface area contributed by atoms with Crippen LogP contribution >= 0.6 is 0 Å². The van der Waals surface area contributed by atoms with Gasteiger partial charge in [-0.15, -0.1) is 0 Å². The van der Waals surface area contributed by atoms with Gasteiger partial charge in [0.15, 0.2) is 0 Å². The summed E-state index contributed by atoms with van der Waals surface area (Å²) in [4.78, 5) is 0. The molecule has 0 bridgehead atoms. The van der Waals surface area contributed by atoms with Gasteiger partial charge in [0.2, 0.25) is 0 Å². The lowest BCUT2D eigenvalue weighted by atomic mass is 9.57. The Balaban J connectivity index is 1.50. The molecule has 4 aliphatic carbocycles. The first kappa shape index (κ1) is 20.6. The van der Waals surface area contributed by atoms with Crippen LogP contribution in [-0.4, -0.2) is 11.7 Å². The molecular weight excluding hydrogens is 352 g/mol. The minimum atomic E-state index is 0.0862. The first-order chi connectivity index (χ1) is 14.2. The summed E-state index contributed by atoms with van der Waals surface area (Å²) in [6.45, 7) is 4.95. The Hall–Kier alpha value is -0.300. The minimum absolute atomic E-state index is 0.0862. The van der Waals surface area contributed by atoms with Gasteiger partial charge in [-0.05, 0) is 74.0 Å². The van der Waals surface area contributed by atoms with Crippen LogP contribution < -0.4 is 0 Å². The zero-order valence-electron chi connectivity index (χ0n) is 19.3. The highest BCUT2D eigenvalue weighted by Crippen LogP contribution is 2.56. The lowest BCUT2D eigenvalue weighted by Gasteiger charge is -2.58. The Bertz CT molecular complexity index is 547. The quantitative estimate of drug-likeness (QED) is 0.438. The lowest BCUT2D eigenvalue weighted by molar-refractivity contribution is -0.208. The Labute approximate surface area is 180 Å². The van der Waals surface area contributed by atoms with E-state index in [4.69, 9.17) is 4.74 Å². The first-order valence-corrected chi connectivity index (χ1v) is 13.6. The Morgan fingerprint density at radius 3 is 1.97 bits per heavy atom. The summed E-state index contributed by atoms with van der Waals surface area (Å²) >= 11 is 0. The summed E-state index contributed by atoms with van der Waals surface area (Å²) in [5.41, 5.74) is 0.0862. The maximum atomic E-state index is 7.62. The van der Waals surface area contributed by atoms with E-state index in [1.807, 2.05) is 0 Å². The van der Waals surface area contributed by atoms with E-state index in [1.165, 1.54) is 96.3 Å². The second-order valence-corrected chi connectivity index (χ2v) is 11.9. The van der Waals surface area contributed by atoms with Crippen LogP contribution in [0.3, 0.4) is 0 Å². The predicted molar refractivity (Wildman–Crippen MR) is 122 cm³/mol. The summed E-state index contributed by atoms with van der Waals surface area (Å²) in [7, 11) is 0. The van der Waals surface area contributed by atoms with Crippen LogP contribution in [-0.2, 0) is 4.74 Å². The fraction of sp³-hybridized carbons (Fsp3) is 0.929. The highest BCUT2D eigenvalue weighted by molar-refractivity contribution is 5.19. The van der Waals surface area contributed by atoms with E-state index in [0.29, 0.717) is 12.0 Å². The van der Waals surface area contributed by atoms with Crippen LogP contribution in [0, 0.1) is 41.4 Å². The van der Waals surface area contributed by atoms with Crippen LogP contribution in [0.5, 0.6) is 0 Å². The van der Waals surface area contributed by atoms with Gasteiger partial charge >= 0.3 is 0 Å². The molecule has 164 valence electrons. The molecule has 1 aliphatic heterocycles. The summed E-state index contributed by atoms with van der Waals surface area (Å²) < 4.78 is 7.62. The van der Waals surface area contributed by atoms with Crippen molar-refractivity contribution < 1.29 is 4.74 Å². The van der Waals surface area contributed by atoms with Crippen LogP contribution in [0.4, 0.5) is 0 Å². The SMILES string of the molecule is CC(C)C1CC2CCCCC2C2OC(C3CCCCC3)(C3CCCCC3)C=CC12. The molecular formula is C28H46O. The standard InChI is InChI=1S/C28H46O/c1-20(2)26-19-21-11-9-10-16-24(21)27-25(26)17-18-28(29-27,22-12-5-3-6-13-22)23-14-7-4-8-15-23/h17-18,20-27H,3-16,19H2,1-2H3. The Morgan fingerprint density at radius 1 is 0.759 bits per heavy atom. The lowest BCUT2D eigenvalue weighted by Crippen LogP contribution is -2.58. The van der Waals surface area contributed by atoms with Gasteiger partial charge in [-0.25, -0.2) is 0 Å². The van der Waals surface area contributed by atoms with Gasteiger partial charge in [-0.2, -0.15) is 0 Å². The van der Waals surface area contributed by atoms with Crippen molar-refractivity contribution in [3.05, 3.63) is 12.2 Å². The fourth-order valence-corrected chi connectivity index (χ4v) is 8.57. The second kappa shape index (κ2) is 8.68. The molecule has 0 aromatic heterocycles. The van der Waals surface area contributed by atoms with Crippen molar-refractivity contribution in [3.8, 4) is 0 Å². The molecule has 0 N–H and O–H groups in total. The third-order valence-corrected chi connectivity index (χ3v) is 10.1. The van der Waals surface area contributed by atoms with E-state index in [9.17, 15) is 0 Å². The fourth-order valence-electron chi connectivity index (χ4n) is 8.57. The zero-order valence-corrected chi connectivity index (χ0v) is 19.3. The number of hydrogen-bond acceptors (Lipinski definition) is 1. The maximum Gasteiger partial charge on any atom is 0.0922 e.